The Kier molecular flexibility index (Phi) is 6.24. The number of nitriles is 1. The van der Waals surface area contributed by atoms with Gasteiger partial charge in [-0.1, -0.05) is 23.4 Å². The highest BCUT2D eigenvalue weighted by Crippen LogP contribution is 2.29. The highest BCUT2D eigenvalue weighted by Gasteiger charge is 2.13. The van der Waals surface area contributed by atoms with Crippen LogP contribution < -0.4 is 14.8 Å². The summed E-state index contributed by atoms with van der Waals surface area (Å²) in [4.78, 5) is 16.9. The molecule has 3 aromatic rings. The zero-order valence-electron chi connectivity index (χ0n) is 15.2. The summed E-state index contributed by atoms with van der Waals surface area (Å²) >= 11 is 7.17. The first-order chi connectivity index (χ1) is 13.5. The molecule has 0 aliphatic carbocycles. The van der Waals surface area contributed by atoms with Gasteiger partial charge in [0.05, 0.1) is 36.7 Å². The monoisotopic (exact) mass is 413 g/mol. The van der Waals surface area contributed by atoms with E-state index in [0.717, 1.165) is 5.39 Å². The van der Waals surface area contributed by atoms with Gasteiger partial charge < -0.3 is 14.8 Å². The van der Waals surface area contributed by atoms with Crippen molar-refractivity contribution in [2.45, 2.75) is 5.03 Å². The second-order valence-electron chi connectivity index (χ2n) is 5.69. The first-order valence-electron chi connectivity index (χ1n) is 8.19. The van der Waals surface area contributed by atoms with E-state index >= 15 is 0 Å². The van der Waals surface area contributed by atoms with Gasteiger partial charge in [-0.2, -0.15) is 5.26 Å². The maximum absolute atomic E-state index is 12.4. The molecule has 0 aliphatic heterocycles. The Balaban J connectivity index is 1.78. The van der Waals surface area contributed by atoms with Gasteiger partial charge in [-0.05, 0) is 36.4 Å². The van der Waals surface area contributed by atoms with Crippen LogP contribution in [0.3, 0.4) is 0 Å². The average molecular weight is 414 g/mol. The molecule has 6 nitrogen and oxygen atoms in total. The zero-order valence-corrected chi connectivity index (χ0v) is 16.7. The first-order valence-corrected chi connectivity index (χ1v) is 9.55. The van der Waals surface area contributed by atoms with E-state index in [1.54, 1.807) is 37.4 Å². The minimum Gasteiger partial charge on any atom is -0.497 e. The number of nitrogens with zero attached hydrogens (tertiary/aromatic N) is 2. The number of carbonyl (C=O) groups is 1. The number of benzene rings is 2. The highest BCUT2D eigenvalue weighted by molar-refractivity contribution is 8.00. The summed E-state index contributed by atoms with van der Waals surface area (Å²) in [6.07, 6.45) is 0. The quantitative estimate of drug-likeness (QED) is 0.598. The Hall–Kier alpha value is -2.95. The molecule has 1 N–H and O–H groups in total. The second-order valence-corrected chi connectivity index (χ2v) is 7.09. The van der Waals surface area contributed by atoms with Gasteiger partial charge in [0, 0.05) is 16.5 Å². The summed E-state index contributed by atoms with van der Waals surface area (Å²) in [6.45, 7) is 0. The van der Waals surface area contributed by atoms with Crippen molar-refractivity contribution < 1.29 is 14.3 Å². The third-order valence-corrected chi connectivity index (χ3v) is 5.11. The number of rotatable bonds is 6. The van der Waals surface area contributed by atoms with Gasteiger partial charge in [0.15, 0.2) is 0 Å². The molecule has 3 rings (SSSR count). The number of thioether (sulfide) groups is 1. The van der Waals surface area contributed by atoms with Crippen molar-refractivity contribution in [3.63, 3.8) is 0 Å². The molecule has 142 valence electrons. The lowest BCUT2D eigenvalue weighted by molar-refractivity contribution is -0.113. The van der Waals surface area contributed by atoms with Crippen LogP contribution in [0.5, 0.6) is 11.5 Å². The fraction of sp³-hybridized carbons (Fsp3) is 0.150. The number of nitrogens with one attached hydrogen (secondary N) is 1. The molecule has 0 atom stereocenters. The van der Waals surface area contributed by atoms with E-state index in [0.29, 0.717) is 38.3 Å². The number of amides is 1. The van der Waals surface area contributed by atoms with E-state index in [9.17, 15) is 10.1 Å². The summed E-state index contributed by atoms with van der Waals surface area (Å²) in [5, 5.41) is 14.0. The summed E-state index contributed by atoms with van der Waals surface area (Å²) in [6, 6.07) is 14.3. The second kappa shape index (κ2) is 8.83. The lowest BCUT2D eigenvalue weighted by Gasteiger charge is -2.11. The molecule has 0 bridgehead atoms. The summed E-state index contributed by atoms with van der Waals surface area (Å²) < 4.78 is 10.4. The normalized spacial score (nSPS) is 10.4. The number of fused-ring (bicyclic) bond motifs is 1. The van der Waals surface area contributed by atoms with Crippen LogP contribution in [0.15, 0.2) is 47.5 Å². The van der Waals surface area contributed by atoms with E-state index in [2.05, 4.69) is 16.4 Å². The van der Waals surface area contributed by atoms with Crippen LogP contribution in [0.1, 0.15) is 5.56 Å². The van der Waals surface area contributed by atoms with Crippen LogP contribution >= 0.6 is 23.4 Å². The Bertz CT molecular complexity index is 1080. The molecule has 0 aliphatic rings. The molecular weight excluding hydrogens is 398 g/mol. The lowest BCUT2D eigenvalue weighted by Crippen LogP contribution is -2.15. The summed E-state index contributed by atoms with van der Waals surface area (Å²) in [5.74, 6) is 0.997. The van der Waals surface area contributed by atoms with Crippen LogP contribution in [0, 0.1) is 11.3 Å². The third kappa shape index (κ3) is 4.47. The SMILES string of the molecule is COc1ccc2cc(C#N)c(SCC(=O)Nc3cc(Cl)ccc3OC)nc2c1. The predicted molar refractivity (Wildman–Crippen MR) is 110 cm³/mol. The minimum atomic E-state index is -0.262. The minimum absolute atomic E-state index is 0.0762. The molecule has 0 saturated carbocycles. The average Bonchev–Trinajstić information content (AvgIpc) is 2.71. The van der Waals surface area contributed by atoms with E-state index in [1.165, 1.54) is 18.9 Å². The van der Waals surface area contributed by atoms with Crippen molar-refractivity contribution in [1.82, 2.24) is 4.98 Å². The van der Waals surface area contributed by atoms with Gasteiger partial charge >= 0.3 is 0 Å². The van der Waals surface area contributed by atoms with E-state index in [-0.39, 0.29) is 11.7 Å². The van der Waals surface area contributed by atoms with Gasteiger partial charge in [-0.3, -0.25) is 4.79 Å². The standard InChI is InChI=1S/C20H16ClN3O3S/c1-26-15-5-3-12-7-13(10-22)20(24-16(12)9-15)28-11-19(25)23-17-8-14(21)4-6-18(17)27-2/h3-9H,11H2,1-2H3,(H,23,25). The largest absolute Gasteiger partial charge is 0.497 e. The summed E-state index contributed by atoms with van der Waals surface area (Å²) in [7, 11) is 3.09. The number of carbonyl (C=O) groups excluding carboxylic acids is 1. The number of aromatic nitrogens is 1. The maximum atomic E-state index is 12.4. The van der Waals surface area contributed by atoms with Gasteiger partial charge in [0.1, 0.15) is 22.6 Å². The van der Waals surface area contributed by atoms with Gasteiger partial charge in [-0.25, -0.2) is 4.98 Å². The molecule has 0 unspecified atom stereocenters. The van der Waals surface area contributed by atoms with Crippen molar-refractivity contribution in [3.05, 3.63) is 53.1 Å². The van der Waals surface area contributed by atoms with Gasteiger partial charge in [0.25, 0.3) is 0 Å². The summed E-state index contributed by atoms with van der Waals surface area (Å²) in [5.41, 5.74) is 1.59. The zero-order chi connectivity index (χ0) is 20.1. The Morgan fingerprint density at radius 3 is 2.75 bits per heavy atom. The smallest absolute Gasteiger partial charge is 0.234 e. The number of methoxy groups -OCH3 is 2. The molecule has 28 heavy (non-hydrogen) atoms. The van der Waals surface area contributed by atoms with Crippen molar-refractivity contribution >= 4 is 45.9 Å². The van der Waals surface area contributed by atoms with Gasteiger partial charge in [-0.15, -0.1) is 0 Å². The number of hydrogen-bond acceptors (Lipinski definition) is 6. The number of hydrogen-bond donors (Lipinski definition) is 1. The molecule has 1 heterocycles. The van der Waals surface area contributed by atoms with E-state index in [4.69, 9.17) is 21.1 Å². The highest BCUT2D eigenvalue weighted by atomic mass is 35.5. The molecular formula is C20H16ClN3O3S. The number of ether oxygens (including phenoxy) is 2. The fourth-order valence-corrected chi connectivity index (χ4v) is 3.48. The Labute approximate surface area is 171 Å². The molecule has 0 spiro atoms. The molecule has 2 aromatic carbocycles. The van der Waals surface area contributed by atoms with Crippen molar-refractivity contribution in [2.75, 3.05) is 25.3 Å². The number of anilines is 1. The molecule has 1 aromatic heterocycles. The van der Waals surface area contributed by atoms with Crippen LogP contribution in [-0.4, -0.2) is 30.9 Å². The maximum Gasteiger partial charge on any atom is 0.234 e. The van der Waals surface area contributed by atoms with Crippen molar-refractivity contribution in [3.8, 4) is 17.6 Å². The van der Waals surface area contributed by atoms with Crippen LogP contribution in [0.2, 0.25) is 5.02 Å². The third-order valence-electron chi connectivity index (χ3n) is 3.89. The van der Waals surface area contributed by atoms with E-state index in [1.807, 2.05) is 12.1 Å². The van der Waals surface area contributed by atoms with Crippen LogP contribution in [0.4, 0.5) is 5.69 Å². The lowest BCUT2D eigenvalue weighted by atomic mass is 10.1. The fourth-order valence-electron chi connectivity index (χ4n) is 2.54. The van der Waals surface area contributed by atoms with Crippen molar-refractivity contribution in [1.29, 1.82) is 5.26 Å². The number of halogens is 1. The topological polar surface area (TPSA) is 84.2 Å². The first kappa shape index (κ1) is 19.8. The molecule has 0 radical (unpaired) electrons. The van der Waals surface area contributed by atoms with Crippen LogP contribution in [-0.2, 0) is 4.79 Å². The van der Waals surface area contributed by atoms with Crippen LogP contribution in [0.25, 0.3) is 10.9 Å². The van der Waals surface area contributed by atoms with Crippen molar-refractivity contribution in [2.24, 2.45) is 0 Å². The van der Waals surface area contributed by atoms with E-state index < -0.39 is 0 Å². The molecule has 8 heteroatoms. The Morgan fingerprint density at radius 1 is 1.21 bits per heavy atom. The molecule has 1 amide bonds. The van der Waals surface area contributed by atoms with Gasteiger partial charge in [0.2, 0.25) is 5.91 Å². The molecule has 0 saturated heterocycles. The number of pyridine rings is 1. The Morgan fingerprint density at radius 2 is 2.04 bits per heavy atom. The predicted octanol–water partition coefficient (Wildman–Crippen LogP) is 4.51. The molecule has 0 fully saturated rings.